The summed E-state index contributed by atoms with van der Waals surface area (Å²) in [4.78, 5) is 20.5. The molecule has 0 saturated carbocycles. The van der Waals surface area contributed by atoms with Crippen LogP contribution in [-0.2, 0) is 22.1 Å². The van der Waals surface area contributed by atoms with Gasteiger partial charge in [-0.15, -0.1) is 0 Å². The van der Waals surface area contributed by atoms with Gasteiger partial charge in [0.05, 0.1) is 18.8 Å². The summed E-state index contributed by atoms with van der Waals surface area (Å²) < 4.78 is 33.8. The third-order valence-corrected chi connectivity index (χ3v) is 7.20. The summed E-state index contributed by atoms with van der Waals surface area (Å²) in [5, 5.41) is 4.13. The van der Waals surface area contributed by atoms with E-state index < -0.39 is 22.7 Å². The zero-order valence-corrected chi connectivity index (χ0v) is 19.0. The summed E-state index contributed by atoms with van der Waals surface area (Å²) in [5.74, 6) is 1.69. The van der Waals surface area contributed by atoms with E-state index in [1.807, 2.05) is 13.0 Å². The first-order valence-electron chi connectivity index (χ1n) is 10.8. The first-order chi connectivity index (χ1) is 16.0. The van der Waals surface area contributed by atoms with Gasteiger partial charge in [0.15, 0.2) is 0 Å². The Morgan fingerprint density at radius 1 is 1.24 bits per heavy atom. The molecule has 2 aliphatic rings. The number of carbonyl (C=O) groups is 1. The van der Waals surface area contributed by atoms with E-state index >= 15 is 4.39 Å². The van der Waals surface area contributed by atoms with Gasteiger partial charge in [-0.05, 0) is 42.8 Å². The quantitative estimate of drug-likeness (QED) is 0.572. The molecule has 0 bridgehead atoms. The molecule has 0 aliphatic carbocycles. The highest BCUT2D eigenvalue weighted by atomic mass is 32.2. The van der Waals surface area contributed by atoms with Gasteiger partial charge < -0.3 is 9.64 Å². The van der Waals surface area contributed by atoms with Crippen LogP contribution in [0.25, 0.3) is 11.1 Å². The maximum absolute atomic E-state index is 15.1. The first kappa shape index (κ1) is 21.6. The molecule has 2 aromatic heterocycles. The minimum absolute atomic E-state index is 0.327. The number of cyclic esters (lactones) is 1. The van der Waals surface area contributed by atoms with E-state index in [0.29, 0.717) is 54.5 Å². The van der Waals surface area contributed by atoms with Gasteiger partial charge >= 0.3 is 6.09 Å². The van der Waals surface area contributed by atoms with Crippen molar-refractivity contribution in [3.8, 4) is 11.1 Å². The highest BCUT2D eigenvalue weighted by Gasteiger charge is 2.33. The minimum atomic E-state index is -0.756. The summed E-state index contributed by atoms with van der Waals surface area (Å²) in [6.07, 6.45) is 4.28. The molecule has 10 heteroatoms. The number of ether oxygens (including phenoxy) is 1. The third kappa shape index (κ3) is 4.47. The monoisotopic (exact) mass is 469 g/mol. The molecular formula is C23H24FN5O3S. The van der Waals surface area contributed by atoms with Crippen molar-refractivity contribution in [2.24, 2.45) is 0 Å². The highest BCUT2D eigenvalue weighted by Crippen LogP contribution is 2.31. The Morgan fingerprint density at radius 3 is 2.76 bits per heavy atom. The molecule has 0 spiro atoms. The number of pyridine rings is 1. The van der Waals surface area contributed by atoms with Crippen LogP contribution in [-0.4, -0.2) is 62.3 Å². The Hall–Kier alpha value is -3.27. The van der Waals surface area contributed by atoms with Gasteiger partial charge in [-0.3, -0.25) is 13.8 Å². The van der Waals surface area contributed by atoms with E-state index in [1.54, 1.807) is 41.5 Å². The topological polar surface area (TPSA) is 80.6 Å². The van der Waals surface area contributed by atoms with Gasteiger partial charge in [0, 0.05) is 65.1 Å². The third-order valence-electron chi connectivity index (χ3n) is 5.93. The molecule has 4 heterocycles. The van der Waals surface area contributed by atoms with Crippen molar-refractivity contribution < 1.29 is 18.1 Å². The Bertz CT molecular complexity index is 1190. The van der Waals surface area contributed by atoms with Crippen LogP contribution in [0.2, 0.25) is 0 Å². The zero-order valence-electron chi connectivity index (χ0n) is 18.2. The summed E-state index contributed by atoms with van der Waals surface area (Å²) in [6, 6.07) is 8.46. The molecule has 2 aliphatic heterocycles. The number of hydrogen-bond acceptors (Lipinski definition) is 6. The molecule has 0 radical (unpaired) electrons. The van der Waals surface area contributed by atoms with Crippen LogP contribution in [0.5, 0.6) is 0 Å². The van der Waals surface area contributed by atoms with Crippen LogP contribution in [0.4, 0.5) is 20.7 Å². The Morgan fingerprint density at radius 2 is 2.06 bits per heavy atom. The number of carbonyl (C=O) groups excluding carboxylic acids is 1. The molecule has 172 valence electrons. The summed E-state index contributed by atoms with van der Waals surface area (Å²) in [6.45, 7) is 4.13. The number of aryl methyl sites for hydroxylation is 1. The van der Waals surface area contributed by atoms with E-state index in [4.69, 9.17) is 4.74 Å². The average molecular weight is 470 g/mol. The summed E-state index contributed by atoms with van der Waals surface area (Å²) >= 11 is 0. The van der Waals surface area contributed by atoms with Crippen molar-refractivity contribution in [2.75, 3.05) is 40.9 Å². The maximum Gasteiger partial charge on any atom is 0.414 e. The fourth-order valence-electron chi connectivity index (χ4n) is 4.25. The summed E-state index contributed by atoms with van der Waals surface area (Å²) in [7, 11) is -0.756. The van der Waals surface area contributed by atoms with E-state index in [2.05, 4.69) is 15.0 Å². The van der Waals surface area contributed by atoms with E-state index in [1.165, 1.54) is 11.0 Å². The molecule has 3 aromatic rings. The van der Waals surface area contributed by atoms with E-state index in [9.17, 15) is 9.00 Å². The minimum Gasteiger partial charge on any atom is -0.442 e. The second-order valence-corrected chi connectivity index (χ2v) is 9.90. The molecule has 1 atom stereocenters. The maximum atomic E-state index is 15.1. The van der Waals surface area contributed by atoms with Gasteiger partial charge in [-0.1, -0.05) is 0 Å². The van der Waals surface area contributed by atoms with Gasteiger partial charge in [0.1, 0.15) is 17.7 Å². The summed E-state index contributed by atoms with van der Waals surface area (Å²) in [5.41, 5.74) is 2.47. The Labute approximate surface area is 193 Å². The predicted molar refractivity (Wildman–Crippen MR) is 124 cm³/mol. The van der Waals surface area contributed by atoms with Gasteiger partial charge in [0.2, 0.25) is 0 Å². The van der Waals surface area contributed by atoms with Crippen LogP contribution >= 0.6 is 0 Å². The Kier molecular flexibility index (Phi) is 5.84. The standard InChI is InChI=1S/C23H24FN5O3S/c1-16-11-17(13-25-22(16)27-7-9-33(31)10-8-27)20-4-3-18(12-21(20)24)29-15-19(32-23(29)30)14-28-6-2-5-26-28/h2-6,11-13,19H,7-10,14-15H2,1H3/t19-/m0/s1. The Balaban J connectivity index is 1.32. The number of aromatic nitrogens is 3. The van der Waals surface area contributed by atoms with Crippen molar-refractivity contribution in [3.63, 3.8) is 0 Å². The van der Waals surface area contributed by atoms with Crippen molar-refractivity contribution in [3.05, 3.63) is 60.3 Å². The van der Waals surface area contributed by atoms with Crippen LogP contribution in [0, 0.1) is 12.7 Å². The molecule has 1 amide bonds. The molecular weight excluding hydrogens is 445 g/mol. The number of amides is 1. The fraction of sp³-hybridized carbons (Fsp3) is 0.348. The highest BCUT2D eigenvalue weighted by molar-refractivity contribution is 7.85. The van der Waals surface area contributed by atoms with E-state index in [0.717, 1.165) is 11.4 Å². The number of halogens is 1. The number of nitrogens with zero attached hydrogens (tertiary/aromatic N) is 5. The fourth-order valence-corrected chi connectivity index (χ4v) is 5.30. The normalized spacial score (nSPS) is 19.2. The SMILES string of the molecule is Cc1cc(-c2ccc(N3C[C@H](Cn4cccn4)OC3=O)cc2F)cnc1N1CCS(=O)CC1. The van der Waals surface area contributed by atoms with Crippen LogP contribution in [0.1, 0.15) is 5.56 Å². The predicted octanol–water partition coefficient (Wildman–Crippen LogP) is 2.99. The molecule has 0 unspecified atom stereocenters. The van der Waals surface area contributed by atoms with Crippen molar-refractivity contribution in [2.45, 2.75) is 19.6 Å². The molecule has 8 nitrogen and oxygen atoms in total. The largest absolute Gasteiger partial charge is 0.442 e. The number of hydrogen-bond donors (Lipinski definition) is 0. The van der Waals surface area contributed by atoms with Crippen LogP contribution in [0.15, 0.2) is 48.9 Å². The second-order valence-electron chi connectivity index (χ2n) is 8.21. The lowest BCUT2D eigenvalue weighted by Crippen LogP contribution is -2.38. The average Bonchev–Trinajstić information content (AvgIpc) is 3.44. The number of benzene rings is 1. The molecule has 2 fully saturated rings. The van der Waals surface area contributed by atoms with Crippen LogP contribution in [0.3, 0.4) is 0 Å². The van der Waals surface area contributed by atoms with Crippen molar-refractivity contribution in [1.82, 2.24) is 14.8 Å². The van der Waals surface area contributed by atoms with Gasteiger partial charge in [-0.25, -0.2) is 14.2 Å². The van der Waals surface area contributed by atoms with Gasteiger partial charge in [0.25, 0.3) is 0 Å². The lowest BCUT2D eigenvalue weighted by atomic mass is 10.0. The lowest BCUT2D eigenvalue weighted by Gasteiger charge is -2.28. The molecule has 0 N–H and O–H groups in total. The van der Waals surface area contributed by atoms with Crippen molar-refractivity contribution in [1.29, 1.82) is 0 Å². The van der Waals surface area contributed by atoms with Crippen LogP contribution < -0.4 is 9.80 Å². The molecule has 2 saturated heterocycles. The first-order valence-corrected chi connectivity index (χ1v) is 12.3. The van der Waals surface area contributed by atoms with Gasteiger partial charge in [-0.2, -0.15) is 5.10 Å². The zero-order chi connectivity index (χ0) is 22.9. The number of anilines is 2. The molecule has 1 aromatic carbocycles. The molecule has 5 rings (SSSR count). The lowest BCUT2D eigenvalue weighted by molar-refractivity contribution is 0.129. The van der Waals surface area contributed by atoms with Crippen molar-refractivity contribution >= 4 is 28.4 Å². The number of rotatable bonds is 5. The smallest absolute Gasteiger partial charge is 0.414 e. The van der Waals surface area contributed by atoms with E-state index in [-0.39, 0.29) is 6.10 Å². The second kappa shape index (κ2) is 8.93. The molecule has 33 heavy (non-hydrogen) atoms.